The van der Waals surface area contributed by atoms with E-state index < -0.39 is 0 Å². The minimum Gasteiger partial charge on any atom is -0.490 e. The highest BCUT2D eigenvalue weighted by molar-refractivity contribution is 7.21. The van der Waals surface area contributed by atoms with Gasteiger partial charge < -0.3 is 25.0 Å². The average Bonchev–Trinajstić information content (AvgIpc) is 3.33. The Morgan fingerprint density at radius 2 is 2.05 bits per heavy atom. The van der Waals surface area contributed by atoms with Gasteiger partial charge in [0.15, 0.2) is 0 Å². The summed E-state index contributed by atoms with van der Waals surface area (Å²) in [4.78, 5) is 47.9. The molecule has 3 aliphatic heterocycles. The van der Waals surface area contributed by atoms with Gasteiger partial charge in [-0.2, -0.15) is 0 Å². The molecule has 6 rings (SSSR count). The van der Waals surface area contributed by atoms with Gasteiger partial charge in [-0.25, -0.2) is 9.78 Å². The maximum absolute atomic E-state index is 13.5. The summed E-state index contributed by atoms with van der Waals surface area (Å²) in [5.41, 5.74) is 2.74. The molecule has 0 unspecified atom stereocenters. The van der Waals surface area contributed by atoms with E-state index in [9.17, 15) is 14.4 Å². The van der Waals surface area contributed by atoms with Crippen molar-refractivity contribution < 1.29 is 23.9 Å². The van der Waals surface area contributed by atoms with Gasteiger partial charge in [0.1, 0.15) is 21.6 Å². The number of nitrogens with one attached hydrogen (secondary N) is 2. The fraction of sp³-hybridized carbons (Fsp3) is 0.379. The number of thiophene rings is 1. The predicted molar refractivity (Wildman–Crippen MR) is 154 cm³/mol. The number of ether oxygens (including phenoxy) is 2. The van der Waals surface area contributed by atoms with Crippen molar-refractivity contribution in [3.63, 3.8) is 0 Å². The number of aryl methyl sites for hydroxylation is 1. The number of anilines is 3. The third kappa shape index (κ3) is 4.90. The van der Waals surface area contributed by atoms with Gasteiger partial charge in [-0.1, -0.05) is 6.58 Å². The van der Waals surface area contributed by atoms with Gasteiger partial charge in [0.25, 0.3) is 5.91 Å². The molecular formula is C29H31N5O5S. The smallest absolute Gasteiger partial charge is 0.331 e. The lowest BCUT2D eigenvalue weighted by atomic mass is 10.1. The van der Waals surface area contributed by atoms with Crippen LogP contribution in [0.3, 0.4) is 0 Å². The molecule has 40 heavy (non-hydrogen) atoms. The minimum absolute atomic E-state index is 0.120. The molecule has 2 N–H and O–H groups in total. The molecule has 2 fully saturated rings. The van der Waals surface area contributed by atoms with E-state index in [0.29, 0.717) is 47.4 Å². The summed E-state index contributed by atoms with van der Waals surface area (Å²) >= 11 is 1.24. The SMILES string of the molecule is C=CC(=O)N1CCC[C@@H](NC(=O)c2sc3nccc4c3c2NC(=O)N4c2ccc(OC3CCOCC3)cc2C)C1. The highest BCUT2D eigenvalue weighted by atomic mass is 32.1. The van der Waals surface area contributed by atoms with Gasteiger partial charge in [-0.15, -0.1) is 11.3 Å². The van der Waals surface area contributed by atoms with Gasteiger partial charge in [0.2, 0.25) is 5.91 Å². The van der Waals surface area contributed by atoms with Crippen molar-refractivity contribution in [1.82, 2.24) is 15.2 Å². The van der Waals surface area contributed by atoms with Gasteiger partial charge in [-0.3, -0.25) is 14.5 Å². The average molecular weight is 562 g/mol. The van der Waals surface area contributed by atoms with Gasteiger partial charge in [-0.05, 0) is 55.7 Å². The Labute approximate surface area is 235 Å². The minimum atomic E-state index is -0.353. The molecular weight excluding hydrogens is 530 g/mol. The highest BCUT2D eigenvalue weighted by Gasteiger charge is 2.34. The lowest BCUT2D eigenvalue weighted by molar-refractivity contribution is -0.127. The fourth-order valence-electron chi connectivity index (χ4n) is 5.60. The van der Waals surface area contributed by atoms with Crippen molar-refractivity contribution in [1.29, 1.82) is 0 Å². The van der Waals surface area contributed by atoms with E-state index in [2.05, 4.69) is 22.2 Å². The number of urea groups is 1. The van der Waals surface area contributed by atoms with Crippen LogP contribution in [0.25, 0.3) is 10.2 Å². The number of aromatic nitrogens is 1. The van der Waals surface area contributed by atoms with Crippen molar-refractivity contribution >= 4 is 56.5 Å². The molecule has 5 heterocycles. The standard InChI is InChI=1S/C29H31N5O5S/c1-3-23(35)33-12-4-5-18(16-33)31-27(36)26-25-24-22(8-11-30-28(24)40-26)34(29(37)32-25)21-7-6-20(15-17(21)2)39-19-9-13-38-14-10-19/h3,6-8,11,15,18-19H,1,4-5,9-10,12-14,16H2,2H3,(H,31,36)(H,32,37)/t18-/m1/s1. The molecule has 0 aliphatic carbocycles. The number of likely N-dealkylation sites (tertiary alicyclic amines) is 1. The molecule has 3 aromatic rings. The summed E-state index contributed by atoms with van der Waals surface area (Å²) in [5, 5.41) is 6.74. The number of carbonyl (C=O) groups is 3. The molecule has 1 aromatic carbocycles. The summed E-state index contributed by atoms with van der Waals surface area (Å²) in [6.45, 7) is 7.98. The Bertz CT molecular complexity index is 1500. The van der Waals surface area contributed by atoms with Crippen molar-refractivity contribution in [2.45, 2.75) is 44.8 Å². The van der Waals surface area contributed by atoms with E-state index in [-0.39, 0.29) is 30.0 Å². The second-order valence-electron chi connectivity index (χ2n) is 10.3. The van der Waals surface area contributed by atoms with E-state index in [1.807, 2.05) is 25.1 Å². The van der Waals surface area contributed by atoms with Crippen LogP contribution in [0.15, 0.2) is 43.1 Å². The molecule has 2 aromatic heterocycles. The number of nitrogens with zero attached hydrogens (tertiary/aromatic N) is 3. The topological polar surface area (TPSA) is 113 Å². The Hall–Kier alpha value is -3.96. The zero-order valence-corrected chi connectivity index (χ0v) is 23.1. The van der Waals surface area contributed by atoms with Crippen LogP contribution in [0.4, 0.5) is 21.9 Å². The van der Waals surface area contributed by atoms with Crippen LogP contribution in [0, 0.1) is 6.92 Å². The number of rotatable bonds is 6. The maximum Gasteiger partial charge on any atom is 0.331 e. The number of pyridine rings is 1. The third-order valence-corrected chi connectivity index (χ3v) is 8.67. The lowest BCUT2D eigenvalue weighted by Gasteiger charge is -2.32. The summed E-state index contributed by atoms with van der Waals surface area (Å²) < 4.78 is 11.6. The van der Waals surface area contributed by atoms with Crippen LogP contribution >= 0.6 is 11.3 Å². The molecule has 0 bridgehead atoms. The van der Waals surface area contributed by atoms with Crippen LogP contribution in [-0.4, -0.2) is 66.2 Å². The highest BCUT2D eigenvalue weighted by Crippen LogP contribution is 2.46. The van der Waals surface area contributed by atoms with Crippen LogP contribution < -0.4 is 20.3 Å². The summed E-state index contributed by atoms with van der Waals surface area (Å²) in [6, 6.07) is 6.98. The molecule has 10 nitrogen and oxygen atoms in total. The zero-order valence-electron chi connectivity index (χ0n) is 22.3. The summed E-state index contributed by atoms with van der Waals surface area (Å²) in [7, 11) is 0. The molecule has 2 saturated heterocycles. The molecule has 11 heteroatoms. The molecule has 0 radical (unpaired) electrons. The fourth-order valence-corrected chi connectivity index (χ4v) is 6.62. The summed E-state index contributed by atoms with van der Waals surface area (Å²) in [5.74, 6) is 0.327. The Morgan fingerprint density at radius 3 is 2.83 bits per heavy atom. The number of benzene rings is 1. The molecule has 0 spiro atoms. The quantitative estimate of drug-likeness (QED) is 0.420. The van der Waals surface area contributed by atoms with Crippen molar-refractivity contribution in [2.24, 2.45) is 0 Å². The van der Waals surface area contributed by atoms with Gasteiger partial charge >= 0.3 is 6.03 Å². The van der Waals surface area contributed by atoms with E-state index >= 15 is 0 Å². The van der Waals surface area contributed by atoms with Crippen molar-refractivity contribution in [2.75, 3.05) is 36.5 Å². The van der Waals surface area contributed by atoms with E-state index in [1.54, 1.807) is 22.1 Å². The van der Waals surface area contributed by atoms with Crippen LogP contribution in [-0.2, 0) is 9.53 Å². The molecule has 4 amide bonds. The largest absolute Gasteiger partial charge is 0.490 e. The molecule has 208 valence electrons. The Kier molecular flexibility index (Phi) is 7.16. The van der Waals surface area contributed by atoms with Crippen LogP contribution in [0.2, 0.25) is 0 Å². The number of amides is 4. The molecule has 1 atom stereocenters. The number of hydrogen-bond donors (Lipinski definition) is 2. The zero-order chi connectivity index (χ0) is 27.8. The Morgan fingerprint density at radius 1 is 1.23 bits per heavy atom. The van der Waals surface area contributed by atoms with Gasteiger partial charge in [0, 0.05) is 38.2 Å². The van der Waals surface area contributed by atoms with Crippen molar-refractivity contribution in [3.8, 4) is 5.75 Å². The number of hydrogen-bond acceptors (Lipinski definition) is 7. The summed E-state index contributed by atoms with van der Waals surface area (Å²) in [6.07, 6.45) is 6.34. The first-order valence-corrected chi connectivity index (χ1v) is 14.3. The first-order valence-electron chi connectivity index (χ1n) is 13.5. The lowest BCUT2D eigenvalue weighted by Crippen LogP contribution is -2.49. The first kappa shape index (κ1) is 26.3. The number of carbonyl (C=O) groups excluding carboxylic acids is 3. The maximum atomic E-state index is 13.5. The monoisotopic (exact) mass is 561 g/mol. The normalized spacial score (nSPS) is 19.3. The van der Waals surface area contributed by atoms with Gasteiger partial charge in [0.05, 0.1) is 35.7 Å². The predicted octanol–water partition coefficient (Wildman–Crippen LogP) is 4.75. The second-order valence-corrected chi connectivity index (χ2v) is 11.3. The van der Waals surface area contributed by atoms with Crippen LogP contribution in [0.5, 0.6) is 5.75 Å². The van der Waals surface area contributed by atoms with E-state index in [4.69, 9.17) is 9.47 Å². The van der Waals surface area contributed by atoms with E-state index in [1.165, 1.54) is 17.4 Å². The first-order chi connectivity index (χ1) is 19.4. The van der Waals surface area contributed by atoms with Crippen molar-refractivity contribution in [3.05, 3.63) is 53.6 Å². The number of piperidine rings is 1. The van der Waals surface area contributed by atoms with Crippen LogP contribution in [0.1, 0.15) is 40.9 Å². The molecule has 0 saturated carbocycles. The third-order valence-electron chi connectivity index (χ3n) is 7.58. The molecule has 3 aliphatic rings. The van der Waals surface area contributed by atoms with E-state index in [0.717, 1.165) is 48.1 Å². The second kappa shape index (κ2) is 10.9. The Balaban J connectivity index is 1.27.